The van der Waals surface area contributed by atoms with E-state index < -0.39 is 0 Å². The van der Waals surface area contributed by atoms with E-state index in [-0.39, 0.29) is 5.41 Å². The maximum absolute atomic E-state index is 5.79. The summed E-state index contributed by atoms with van der Waals surface area (Å²) in [6.45, 7) is 11.0. The SMILES string of the molecule is CCNC(CC1CCCO1)c1ccc(C(C)(C)C)s1. The van der Waals surface area contributed by atoms with Crippen LogP contribution in [0.1, 0.15) is 62.8 Å². The fraction of sp³-hybridized carbons (Fsp3) is 0.750. The van der Waals surface area contributed by atoms with E-state index in [4.69, 9.17) is 4.74 Å². The van der Waals surface area contributed by atoms with Crippen molar-refractivity contribution in [1.29, 1.82) is 0 Å². The van der Waals surface area contributed by atoms with Gasteiger partial charge < -0.3 is 10.1 Å². The molecule has 2 heterocycles. The molecule has 0 radical (unpaired) electrons. The lowest BCUT2D eigenvalue weighted by Gasteiger charge is -2.20. The van der Waals surface area contributed by atoms with Crippen LogP contribution in [0.15, 0.2) is 12.1 Å². The summed E-state index contributed by atoms with van der Waals surface area (Å²) in [5, 5.41) is 3.62. The maximum atomic E-state index is 5.79. The highest BCUT2D eigenvalue weighted by molar-refractivity contribution is 7.12. The van der Waals surface area contributed by atoms with Gasteiger partial charge in [-0.1, -0.05) is 27.7 Å². The van der Waals surface area contributed by atoms with Crippen LogP contribution >= 0.6 is 11.3 Å². The van der Waals surface area contributed by atoms with Crippen LogP contribution in [0.3, 0.4) is 0 Å². The summed E-state index contributed by atoms with van der Waals surface area (Å²) in [6.07, 6.45) is 4.00. The zero-order valence-electron chi connectivity index (χ0n) is 12.7. The molecular formula is C16H27NOS. The number of rotatable bonds is 5. The molecule has 1 aromatic heterocycles. The fourth-order valence-corrected chi connectivity index (χ4v) is 3.74. The van der Waals surface area contributed by atoms with E-state index in [1.165, 1.54) is 22.6 Å². The van der Waals surface area contributed by atoms with Crippen molar-refractivity contribution in [1.82, 2.24) is 5.32 Å². The minimum absolute atomic E-state index is 0.254. The molecule has 1 aliphatic heterocycles. The molecule has 0 spiro atoms. The number of nitrogens with one attached hydrogen (secondary N) is 1. The molecule has 0 bridgehead atoms. The van der Waals surface area contributed by atoms with Gasteiger partial charge >= 0.3 is 0 Å². The third kappa shape index (κ3) is 4.04. The fourth-order valence-electron chi connectivity index (χ4n) is 2.58. The minimum Gasteiger partial charge on any atom is -0.378 e. The summed E-state index contributed by atoms with van der Waals surface area (Å²) in [5.74, 6) is 0. The first-order valence-electron chi connectivity index (χ1n) is 7.46. The third-order valence-corrected chi connectivity index (χ3v) is 5.31. The quantitative estimate of drug-likeness (QED) is 0.870. The lowest BCUT2D eigenvalue weighted by atomic mass is 9.95. The highest BCUT2D eigenvalue weighted by atomic mass is 32.1. The van der Waals surface area contributed by atoms with Crippen molar-refractivity contribution in [2.45, 2.75) is 64.5 Å². The minimum atomic E-state index is 0.254. The van der Waals surface area contributed by atoms with Gasteiger partial charge in [-0.05, 0) is 43.4 Å². The summed E-state index contributed by atoms with van der Waals surface area (Å²) >= 11 is 1.95. The molecule has 0 aromatic carbocycles. The Bertz CT molecular complexity index is 388. The molecule has 1 fully saturated rings. The molecule has 2 unspecified atom stereocenters. The van der Waals surface area contributed by atoms with Gasteiger partial charge in [-0.25, -0.2) is 0 Å². The molecule has 1 aromatic rings. The molecule has 2 rings (SSSR count). The maximum Gasteiger partial charge on any atom is 0.0594 e. The Morgan fingerprint density at radius 1 is 1.42 bits per heavy atom. The van der Waals surface area contributed by atoms with Crippen molar-refractivity contribution in [3.05, 3.63) is 21.9 Å². The van der Waals surface area contributed by atoms with Crippen molar-refractivity contribution >= 4 is 11.3 Å². The highest BCUT2D eigenvalue weighted by Crippen LogP contribution is 2.34. The molecule has 2 nitrogen and oxygen atoms in total. The van der Waals surface area contributed by atoms with Gasteiger partial charge in [-0.3, -0.25) is 0 Å². The predicted octanol–water partition coefficient (Wildman–Crippen LogP) is 4.27. The molecule has 1 N–H and O–H groups in total. The van der Waals surface area contributed by atoms with Crippen LogP contribution in [0.25, 0.3) is 0 Å². The van der Waals surface area contributed by atoms with Crippen LogP contribution in [0.5, 0.6) is 0 Å². The molecule has 108 valence electrons. The van der Waals surface area contributed by atoms with Crippen molar-refractivity contribution in [2.75, 3.05) is 13.2 Å². The Hall–Kier alpha value is -0.380. The topological polar surface area (TPSA) is 21.3 Å². The van der Waals surface area contributed by atoms with Gasteiger partial charge in [0.25, 0.3) is 0 Å². The first-order valence-corrected chi connectivity index (χ1v) is 8.27. The summed E-state index contributed by atoms with van der Waals surface area (Å²) < 4.78 is 5.79. The van der Waals surface area contributed by atoms with Crippen molar-refractivity contribution in [3.63, 3.8) is 0 Å². The first kappa shape index (κ1) is 15.0. The van der Waals surface area contributed by atoms with Crippen LogP contribution in [0.2, 0.25) is 0 Å². The van der Waals surface area contributed by atoms with Gasteiger partial charge in [0.2, 0.25) is 0 Å². The number of hydrogen-bond acceptors (Lipinski definition) is 3. The second kappa shape index (κ2) is 6.38. The molecule has 0 saturated carbocycles. The van der Waals surface area contributed by atoms with Crippen LogP contribution in [0, 0.1) is 0 Å². The Balaban J connectivity index is 2.07. The normalized spacial score (nSPS) is 21.8. The van der Waals surface area contributed by atoms with Crippen LogP contribution < -0.4 is 5.32 Å². The van der Waals surface area contributed by atoms with Crippen molar-refractivity contribution in [3.8, 4) is 0 Å². The summed E-state index contributed by atoms with van der Waals surface area (Å²) in [6, 6.07) is 5.04. The third-order valence-electron chi connectivity index (χ3n) is 3.68. The monoisotopic (exact) mass is 281 g/mol. The Kier molecular flexibility index (Phi) is 5.04. The molecule has 3 heteroatoms. The van der Waals surface area contributed by atoms with E-state index in [0.717, 1.165) is 19.6 Å². The van der Waals surface area contributed by atoms with Crippen LogP contribution in [0.4, 0.5) is 0 Å². The number of hydrogen-bond donors (Lipinski definition) is 1. The van der Waals surface area contributed by atoms with Gasteiger partial charge in [0.05, 0.1) is 6.10 Å². The largest absolute Gasteiger partial charge is 0.378 e. The molecular weight excluding hydrogens is 254 g/mol. The van der Waals surface area contributed by atoms with Crippen molar-refractivity contribution < 1.29 is 4.74 Å². The zero-order valence-corrected chi connectivity index (χ0v) is 13.5. The highest BCUT2D eigenvalue weighted by Gasteiger charge is 2.24. The van der Waals surface area contributed by atoms with E-state index in [1.807, 2.05) is 11.3 Å². The molecule has 0 amide bonds. The molecule has 0 aliphatic carbocycles. The van der Waals surface area contributed by atoms with E-state index in [9.17, 15) is 0 Å². The Morgan fingerprint density at radius 3 is 2.74 bits per heavy atom. The smallest absolute Gasteiger partial charge is 0.0594 e. The lowest BCUT2D eigenvalue weighted by molar-refractivity contribution is 0.0951. The summed E-state index contributed by atoms with van der Waals surface area (Å²) in [4.78, 5) is 2.93. The van der Waals surface area contributed by atoms with Gasteiger partial charge in [-0.15, -0.1) is 11.3 Å². The van der Waals surface area contributed by atoms with Gasteiger partial charge in [0, 0.05) is 22.4 Å². The summed E-state index contributed by atoms with van der Waals surface area (Å²) in [5.41, 5.74) is 0.254. The molecule has 19 heavy (non-hydrogen) atoms. The molecule has 1 aliphatic rings. The zero-order chi connectivity index (χ0) is 13.9. The number of ether oxygens (including phenoxy) is 1. The van der Waals surface area contributed by atoms with Crippen molar-refractivity contribution in [2.24, 2.45) is 0 Å². The molecule has 2 atom stereocenters. The van der Waals surface area contributed by atoms with Gasteiger partial charge in [0.1, 0.15) is 0 Å². The summed E-state index contributed by atoms with van der Waals surface area (Å²) in [7, 11) is 0. The first-order chi connectivity index (χ1) is 9.00. The van der Waals surface area contributed by atoms with Crippen LogP contribution in [-0.2, 0) is 10.2 Å². The Morgan fingerprint density at radius 2 is 2.21 bits per heavy atom. The molecule has 1 saturated heterocycles. The second-order valence-electron chi connectivity index (χ2n) is 6.43. The van der Waals surface area contributed by atoms with E-state index in [2.05, 4.69) is 45.1 Å². The second-order valence-corrected chi connectivity index (χ2v) is 7.55. The van der Waals surface area contributed by atoms with Gasteiger partial charge in [0.15, 0.2) is 0 Å². The van der Waals surface area contributed by atoms with Crippen LogP contribution in [-0.4, -0.2) is 19.3 Å². The Labute approximate surface area is 121 Å². The average molecular weight is 281 g/mol. The van der Waals surface area contributed by atoms with E-state index in [1.54, 1.807) is 0 Å². The van der Waals surface area contributed by atoms with E-state index >= 15 is 0 Å². The number of thiophene rings is 1. The predicted molar refractivity (Wildman–Crippen MR) is 83.0 cm³/mol. The van der Waals surface area contributed by atoms with E-state index in [0.29, 0.717) is 12.1 Å². The van der Waals surface area contributed by atoms with Gasteiger partial charge in [-0.2, -0.15) is 0 Å². The lowest BCUT2D eigenvalue weighted by Crippen LogP contribution is -2.24. The standard InChI is InChI=1S/C16H27NOS/c1-5-17-13(11-12-7-6-10-18-12)14-8-9-15(19-14)16(2,3)4/h8-9,12-13,17H,5-7,10-11H2,1-4H3. The average Bonchev–Trinajstić information content (AvgIpc) is 2.98.